The van der Waals surface area contributed by atoms with Gasteiger partial charge in [-0.3, -0.25) is 24.1 Å². The number of para-hydroxylation sites is 2. The fraction of sp³-hybridized carbons (Fsp3) is 0.200. The normalized spacial score (nSPS) is 13.5. The van der Waals surface area contributed by atoms with Crippen LogP contribution in [-0.2, 0) is 4.79 Å². The van der Waals surface area contributed by atoms with Gasteiger partial charge in [-0.25, -0.2) is 0 Å². The first kappa shape index (κ1) is 21.0. The smallest absolute Gasteiger partial charge is 0.320 e. The van der Waals surface area contributed by atoms with Gasteiger partial charge in [-0.1, -0.05) is 12.1 Å². The lowest BCUT2D eigenvalue weighted by molar-refractivity contribution is -0.167. The summed E-state index contributed by atoms with van der Waals surface area (Å²) in [6.45, 7) is 3.36. The largest absolute Gasteiger partial charge is 0.471 e. The summed E-state index contributed by atoms with van der Waals surface area (Å²) in [5.74, 6) is -3.90. The molecule has 0 radical (unpaired) electrons. The van der Waals surface area contributed by atoms with Crippen LogP contribution < -0.4 is 10.6 Å². The van der Waals surface area contributed by atoms with Crippen molar-refractivity contribution in [2.24, 2.45) is 0 Å². The molecule has 0 aromatic heterocycles. The Kier molecular flexibility index (Phi) is 5.34. The van der Waals surface area contributed by atoms with E-state index in [1.54, 1.807) is 19.2 Å². The predicted octanol–water partition coefficient (Wildman–Crippen LogP) is 3.44. The lowest BCUT2D eigenvalue weighted by Crippen LogP contribution is -2.35. The molecule has 0 unspecified atom stereocenters. The fourth-order valence-corrected chi connectivity index (χ4v) is 2.96. The number of carbonyl (C=O) groups is 4. The van der Waals surface area contributed by atoms with E-state index in [0.29, 0.717) is 0 Å². The molecule has 1 heterocycles. The van der Waals surface area contributed by atoms with Crippen molar-refractivity contribution in [2.75, 3.05) is 10.6 Å². The number of nitrogens with one attached hydrogen (secondary N) is 2. The molecule has 1 aliphatic heterocycles. The van der Waals surface area contributed by atoms with E-state index in [1.807, 2.05) is 0 Å². The van der Waals surface area contributed by atoms with Gasteiger partial charge in [0, 0.05) is 11.6 Å². The number of amides is 4. The van der Waals surface area contributed by atoms with Crippen LogP contribution in [0.4, 0.5) is 24.5 Å². The molecule has 0 bridgehead atoms. The second kappa shape index (κ2) is 7.62. The number of anilines is 2. The highest BCUT2D eigenvalue weighted by molar-refractivity contribution is 6.22. The molecule has 4 amide bonds. The fourth-order valence-electron chi connectivity index (χ4n) is 2.96. The van der Waals surface area contributed by atoms with Crippen LogP contribution >= 0.6 is 0 Å². The van der Waals surface area contributed by atoms with Crippen LogP contribution in [0.15, 0.2) is 42.5 Å². The van der Waals surface area contributed by atoms with Crippen molar-refractivity contribution in [3.05, 3.63) is 59.2 Å². The summed E-state index contributed by atoms with van der Waals surface area (Å²) in [6.07, 6.45) is -5.09. The van der Waals surface area contributed by atoms with E-state index in [9.17, 15) is 32.3 Å². The molecule has 1 aliphatic rings. The Morgan fingerprint density at radius 3 is 2.03 bits per heavy atom. The zero-order valence-corrected chi connectivity index (χ0v) is 15.8. The number of alkyl halides is 3. The first-order valence-electron chi connectivity index (χ1n) is 8.81. The molecular formula is C20H16F3N3O4. The second-order valence-corrected chi connectivity index (χ2v) is 6.79. The van der Waals surface area contributed by atoms with Gasteiger partial charge in [-0.05, 0) is 44.2 Å². The minimum absolute atomic E-state index is 0.0254. The van der Waals surface area contributed by atoms with Crippen LogP contribution in [0.3, 0.4) is 0 Å². The van der Waals surface area contributed by atoms with E-state index in [2.05, 4.69) is 5.32 Å². The Bertz CT molecular complexity index is 1060. The Morgan fingerprint density at radius 2 is 1.47 bits per heavy atom. The molecule has 2 aromatic rings. The minimum Gasteiger partial charge on any atom is -0.320 e. The average molecular weight is 419 g/mol. The molecule has 10 heteroatoms. The number of fused-ring (bicyclic) bond motifs is 1. The van der Waals surface area contributed by atoms with Crippen molar-refractivity contribution in [2.45, 2.75) is 26.1 Å². The monoisotopic (exact) mass is 419 g/mol. The van der Waals surface area contributed by atoms with Gasteiger partial charge >= 0.3 is 12.1 Å². The SMILES string of the molecule is CC(C)N1C(=O)c2ccc(C(=O)Nc3ccccc3NC(=O)C(F)(F)F)cc2C1=O. The summed E-state index contributed by atoms with van der Waals surface area (Å²) in [7, 11) is 0. The van der Waals surface area contributed by atoms with E-state index < -0.39 is 29.8 Å². The molecular weight excluding hydrogens is 403 g/mol. The zero-order valence-electron chi connectivity index (χ0n) is 15.8. The van der Waals surface area contributed by atoms with Crippen LogP contribution in [0.25, 0.3) is 0 Å². The third kappa shape index (κ3) is 3.88. The third-order valence-electron chi connectivity index (χ3n) is 4.38. The Hall–Kier alpha value is -3.69. The van der Waals surface area contributed by atoms with Crippen molar-refractivity contribution < 1.29 is 32.3 Å². The Morgan fingerprint density at radius 1 is 0.900 bits per heavy atom. The van der Waals surface area contributed by atoms with Gasteiger partial charge in [0.2, 0.25) is 0 Å². The van der Waals surface area contributed by atoms with Gasteiger partial charge in [-0.2, -0.15) is 13.2 Å². The summed E-state index contributed by atoms with van der Waals surface area (Å²) in [4.78, 5) is 49.7. The molecule has 0 atom stereocenters. The van der Waals surface area contributed by atoms with Crippen LogP contribution in [0.2, 0.25) is 0 Å². The van der Waals surface area contributed by atoms with Crippen molar-refractivity contribution in [1.29, 1.82) is 0 Å². The molecule has 2 N–H and O–H groups in total. The molecule has 30 heavy (non-hydrogen) atoms. The quantitative estimate of drug-likeness (QED) is 0.742. The summed E-state index contributed by atoms with van der Waals surface area (Å²) in [6, 6.07) is 8.94. The summed E-state index contributed by atoms with van der Waals surface area (Å²) < 4.78 is 37.5. The number of hydrogen-bond donors (Lipinski definition) is 2. The van der Waals surface area contributed by atoms with Gasteiger partial charge in [0.15, 0.2) is 0 Å². The van der Waals surface area contributed by atoms with Crippen molar-refractivity contribution >= 4 is 35.0 Å². The Balaban J connectivity index is 1.85. The van der Waals surface area contributed by atoms with Crippen molar-refractivity contribution in [1.82, 2.24) is 4.90 Å². The number of halogens is 3. The summed E-state index contributed by atoms with van der Waals surface area (Å²) in [5.41, 5.74) is -0.0427. The number of benzene rings is 2. The Labute approximate surface area is 168 Å². The van der Waals surface area contributed by atoms with E-state index in [4.69, 9.17) is 0 Å². The lowest BCUT2D eigenvalue weighted by atomic mass is 10.1. The van der Waals surface area contributed by atoms with E-state index >= 15 is 0 Å². The maximum Gasteiger partial charge on any atom is 0.471 e. The number of carbonyl (C=O) groups excluding carboxylic acids is 4. The molecule has 3 rings (SSSR count). The molecule has 0 saturated heterocycles. The van der Waals surface area contributed by atoms with Gasteiger partial charge in [0.05, 0.1) is 22.5 Å². The maximum atomic E-state index is 12.6. The molecule has 2 aromatic carbocycles. The first-order valence-corrected chi connectivity index (χ1v) is 8.81. The van der Waals surface area contributed by atoms with Gasteiger partial charge < -0.3 is 10.6 Å². The maximum absolute atomic E-state index is 12.6. The molecule has 0 aliphatic carbocycles. The highest BCUT2D eigenvalue weighted by Crippen LogP contribution is 2.28. The number of hydrogen-bond acceptors (Lipinski definition) is 4. The molecule has 0 fully saturated rings. The summed E-state index contributed by atoms with van der Waals surface area (Å²) in [5, 5.41) is 4.10. The van der Waals surface area contributed by atoms with E-state index in [-0.39, 0.29) is 34.1 Å². The molecule has 156 valence electrons. The molecule has 7 nitrogen and oxygen atoms in total. The highest BCUT2D eigenvalue weighted by Gasteiger charge is 2.39. The highest BCUT2D eigenvalue weighted by atomic mass is 19.4. The van der Waals surface area contributed by atoms with Gasteiger partial charge in [0.1, 0.15) is 0 Å². The van der Waals surface area contributed by atoms with E-state index in [0.717, 1.165) is 4.90 Å². The van der Waals surface area contributed by atoms with Gasteiger partial charge in [-0.15, -0.1) is 0 Å². The third-order valence-corrected chi connectivity index (χ3v) is 4.38. The molecule has 0 spiro atoms. The lowest BCUT2D eigenvalue weighted by Gasteiger charge is -2.17. The number of imide groups is 1. The number of nitrogens with zero attached hydrogens (tertiary/aromatic N) is 1. The van der Waals surface area contributed by atoms with E-state index in [1.165, 1.54) is 42.5 Å². The topological polar surface area (TPSA) is 95.6 Å². The zero-order chi connectivity index (χ0) is 22.2. The minimum atomic E-state index is -5.09. The second-order valence-electron chi connectivity index (χ2n) is 6.79. The number of rotatable bonds is 4. The van der Waals surface area contributed by atoms with Crippen LogP contribution in [0, 0.1) is 0 Å². The van der Waals surface area contributed by atoms with Crippen molar-refractivity contribution in [3.8, 4) is 0 Å². The predicted molar refractivity (Wildman–Crippen MR) is 101 cm³/mol. The van der Waals surface area contributed by atoms with Crippen LogP contribution in [-0.4, -0.2) is 40.7 Å². The van der Waals surface area contributed by atoms with Crippen LogP contribution in [0.5, 0.6) is 0 Å². The van der Waals surface area contributed by atoms with Gasteiger partial charge in [0.25, 0.3) is 17.7 Å². The molecule has 0 saturated carbocycles. The first-order chi connectivity index (χ1) is 14.0. The standard InChI is InChI=1S/C20H16F3N3O4/c1-10(2)26-17(28)12-8-7-11(9-13(12)18(26)29)16(27)24-14-5-3-4-6-15(14)25-19(30)20(21,22)23/h3-10H,1-2H3,(H,24,27)(H,25,30). The van der Waals surface area contributed by atoms with Crippen LogP contribution in [0.1, 0.15) is 44.9 Å². The summed E-state index contributed by atoms with van der Waals surface area (Å²) >= 11 is 0. The average Bonchev–Trinajstić information content (AvgIpc) is 2.92. The van der Waals surface area contributed by atoms with Crippen molar-refractivity contribution in [3.63, 3.8) is 0 Å².